The zero-order chi connectivity index (χ0) is 11.2. The lowest BCUT2D eigenvalue weighted by Crippen LogP contribution is -2.06. The zero-order valence-corrected chi connectivity index (χ0v) is 10.1. The second-order valence-corrected chi connectivity index (χ2v) is 4.63. The van der Waals surface area contributed by atoms with Crippen molar-refractivity contribution in [2.24, 2.45) is 5.41 Å². The van der Waals surface area contributed by atoms with Crippen LogP contribution in [0.1, 0.15) is 47.5 Å². The Kier molecular flexibility index (Phi) is 5.44. The molecule has 0 rings (SSSR count). The van der Waals surface area contributed by atoms with Gasteiger partial charge in [0.15, 0.2) is 5.78 Å². The van der Waals surface area contributed by atoms with Crippen LogP contribution in [-0.2, 0) is 4.79 Å². The summed E-state index contributed by atoms with van der Waals surface area (Å²) in [5, 5.41) is 0. The number of hydrogen-bond donors (Lipinski definition) is 0. The second kappa shape index (κ2) is 5.79. The summed E-state index contributed by atoms with van der Waals surface area (Å²) in [4.78, 5) is 11.1. The quantitative estimate of drug-likeness (QED) is 0.479. The smallest absolute Gasteiger partial charge is 0.155 e. The molecule has 0 spiro atoms. The first kappa shape index (κ1) is 13.2. The van der Waals surface area contributed by atoms with Crippen LogP contribution in [0.2, 0.25) is 0 Å². The molecule has 0 bridgehead atoms. The average molecular weight is 194 g/mol. The van der Waals surface area contributed by atoms with Crippen molar-refractivity contribution in [1.82, 2.24) is 0 Å². The molecule has 0 aliphatic heterocycles. The van der Waals surface area contributed by atoms with Crippen LogP contribution in [0.5, 0.6) is 0 Å². The van der Waals surface area contributed by atoms with E-state index in [1.807, 2.05) is 13.0 Å². The monoisotopic (exact) mass is 194 g/mol. The van der Waals surface area contributed by atoms with Gasteiger partial charge in [0.05, 0.1) is 0 Å². The molecule has 0 unspecified atom stereocenters. The van der Waals surface area contributed by atoms with Crippen molar-refractivity contribution in [3.05, 3.63) is 23.8 Å². The van der Waals surface area contributed by atoms with Crippen molar-refractivity contribution in [3.63, 3.8) is 0 Å². The van der Waals surface area contributed by atoms with Crippen molar-refractivity contribution in [2.75, 3.05) is 0 Å². The molecule has 1 heteroatoms. The van der Waals surface area contributed by atoms with Gasteiger partial charge in [-0.05, 0) is 31.8 Å². The molecule has 0 aromatic carbocycles. The van der Waals surface area contributed by atoms with Gasteiger partial charge in [-0.2, -0.15) is 0 Å². The molecule has 0 atom stereocenters. The highest BCUT2D eigenvalue weighted by atomic mass is 16.1. The lowest BCUT2D eigenvalue weighted by molar-refractivity contribution is -0.114. The summed E-state index contributed by atoms with van der Waals surface area (Å²) in [5.74, 6) is 0.204. The summed E-state index contributed by atoms with van der Waals surface area (Å²) in [7, 11) is 0. The van der Waals surface area contributed by atoms with Crippen molar-refractivity contribution >= 4 is 5.78 Å². The minimum atomic E-state index is 0.0854. The Morgan fingerprint density at radius 1 is 1.29 bits per heavy atom. The van der Waals surface area contributed by atoms with Gasteiger partial charge in [-0.25, -0.2) is 0 Å². The fourth-order valence-corrected chi connectivity index (χ4v) is 0.972. The molecule has 0 heterocycles. The van der Waals surface area contributed by atoms with E-state index in [9.17, 15) is 4.79 Å². The summed E-state index contributed by atoms with van der Waals surface area (Å²) in [6, 6.07) is 0. The summed E-state index contributed by atoms with van der Waals surface area (Å²) in [6.45, 7) is 10.4. The normalized spacial score (nSPS) is 11.8. The zero-order valence-electron chi connectivity index (χ0n) is 10.1. The maximum atomic E-state index is 11.1. The Bertz CT molecular complexity index is 240. The summed E-state index contributed by atoms with van der Waals surface area (Å²) >= 11 is 0. The van der Waals surface area contributed by atoms with Crippen LogP contribution in [0.3, 0.4) is 0 Å². The molecular weight excluding hydrogens is 172 g/mol. The van der Waals surface area contributed by atoms with E-state index in [0.717, 1.165) is 6.42 Å². The van der Waals surface area contributed by atoms with E-state index in [1.165, 1.54) is 5.57 Å². The molecule has 0 fully saturated rings. The Morgan fingerprint density at radius 2 is 1.86 bits per heavy atom. The third kappa shape index (κ3) is 6.64. The average Bonchev–Trinajstić information content (AvgIpc) is 2.11. The predicted octanol–water partition coefficient (Wildman–Crippen LogP) is 3.90. The second-order valence-electron chi connectivity index (χ2n) is 4.63. The first-order valence-electron chi connectivity index (χ1n) is 5.23. The molecule has 14 heavy (non-hydrogen) atoms. The molecule has 0 N–H and O–H groups in total. The third-order valence-electron chi connectivity index (χ3n) is 2.11. The Labute approximate surface area is 87.9 Å². The minimum absolute atomic E-state index is 0.0854. The maximum Gasteiger partial charge on any atom is 0.155 e. The third-order valence-corrected chi connectivity index (χ3v) is 2.11. The van der Waals surface area contributed by atoms with Crippen molar-refractivity contribution in [3.8, 4) is 0 Å². The standard InChI is InChI=1S/C13H22O/c1-6-12(14)8-10-13(4,5)9-7-11(2)3/h7-8,10H,6,9H2,1-5H3. The van der Waals surface area contributed by atoms with Crippen LogP contribution in [0.4, 0.5) is 0 Å². The van der Waals surface area contributed by atoms with Gasteiger partial charge >= 0.3 is 0 Å². The Balaban J connectivity index is 4.26. The lowest BCUT2D eigenvalue weighted by atomic mass is 9.88. The molecule has 0 amide bonds. The molecule has 0 saturated heterocycles. The van der Waals surface area contributed by atoms with E-state index in [-0.39, 0.29) is 11.2 Å². The number of hydrogen-bond acceptors (Lipinski definition) is 1. The predicted molar refractivity (Wildman–Crippen MR) is 62.3 cm³/mol. The molecule has 0 saturated carbocycles. The van der Waals surface area contributed by atoms with Crippen molar-refractivity contribution in [2.45, 2.75) is 47.5 Å². The van der Waals surface area contributed by atoms with Gasteiger partial charge in [0.1, 0.15) is 0 Å². The van der Waals surface area contributed by atoms with E-state index in [0.29, 0.717) is 6.42 Å². The van der Waals surface area contributed by atoms with Crippen LogP contribution < -0.4 is 0 Å². The highest BCUT2D eigenvalue weighted by Gasteiger charge is 2.11. The van der Waals surface area contributed by atoms with Gasteiger partial charge in [0, 0.05) is 6.42 Å². The minimum Gasteiger partial charge on any atom is -0.295 e. The molecule has 0 aromatic heterocycles. The molecule has 0 aliphatic rings. The van der Waals surface area contributed by atoms with Gasteiger partial charge in [0.25, 0.3) is 0 Å². The first-order chi connectivity index (χ1) is 6.37. The Morgan fingerprint density at radius 3 is 2.29 bits per heavy atom. The van der Waals surface area contributed by atoms with Gasteiger partial charge in [0.2, 0.25) is 0 Å². The van der Waals surface area contributed by atoms with E-state index in [1.54, 1.807) is 6.08 Å². The van der Waals surface area contributed by atoms with Gasteiger partial charge in [-0.15, -0.1) is 0 Å². The topological polar surface area (TPSA) is 17.1 Å². The molecule has 1 nitrogen and oxygen atoms in total. The summed E-state index contributed by atoms with van der Waals surface area (Å²) in [5.41, 5.74) is 1.41. The first-order valence-corrected chi connectivity index (χ1v) is 5.23. The van der Waals surface area contributed by atoms with Crippen LogP contribution in [0.25, 0.3) is 0 Å². The number of rotatable bonds is 5. The maximum absolute atomic E-state index is 11.1. The summed E-state index contributed by atoms with van der Waals surface area (Å²) < 4.78 is 0. The fourth-order valence-electron chi connectivity index (χ4n) is 0.972. The van der Waals surface area contributed by atoms with Crippen molar-refractivity contribution < 1.29 is 4.79 Å². The molecule has 0 radical (unpaired) electrons. The van der Waals surface area contributed by atoms with E-state index >= 15 is 0 Å². The Hall–Kier alpha value is -0.850. The number of carbonyl (C=O) groups is 1. The molecular formula is C13H22O. The van der Waals surface area contributed by atoms with E-state index in [2.05, 4.69) is 33.8 Å². The molecule has 0 aliphatic carbocycles. The highest BCUT2D eigenvalue weighted by molar-refractivity contribution is 5.89. The fraction of sp³-hybridized carbons (Fsp3) is 0.615. The molecule has 0 aromatic rings. The SMILES string of the molecule is CCC(=O)C=CC(C)(C)CC=C(C)C. The number of allylic oxidation sites excluding steroid dienone is 4. The lowest BCUT2D eigenvalue weighted by Gasteiger charge is -2.17. The van der Waals surface area contributed by atoms with Gasteiger partial charge in [-0.1, -0.05) is 38.5 Å². The molecule has 80 valence electrons. The summed E-state index contributed by atoms with van der Waals surface area (Å²) in [6.07, 6.45) is 7.51. The van der Waals surface area contributed by atoms with Gasteiger partial charge < -0.3 is 0 Å². The number of ketones is 1. The van der Waals surface area contributed by atoms with Crippen LogP contribution >= 0.6 is 0 Å². The van der Waals surface area contributed by atoms with Crippen LogP contribution in [0.15, 0.2) is 23.8 Å². The van der Waals surface area contributed by atoms with Crippen LogP contribution in [-0.4, -0.2) is 5.78 Å². The van der Waals surface area contributed by atoms with Crippen molar-refractivity contribution in [1.29, 1.82) is 0 Å². The number of carbonyl (C=O) groups excluding carboxylic acids is 1. The largest absolute Gasteiger partial charge is 0.295 e. The van der Waals surface area contributed by atoms with Gasteiger partial charge in [-0.3, -0.25) is 4.79 Å². The highest BCUT2D eigenvalue weighted by Crippen LogP contribution is 2.23. The van der Waals surface area contributed by atoms with E-state index < -0.39 is 0 Å². The van der Waals surface area contributed by atoms with Crippen LogP contribution in [0, 0.1) is 5.41 Å². The van der Waals surface area contributed by atoms with E-state index in [4.69, 9.17) is 0 Å².